The molecule has 3 aromatic heterocycles. The van der Waals surface area contributed by atoms with Gasteiger partial charge in [-0.25, -0.2) is 4.52 Å². The highest BCUT2D eigenvalue weighted by atomic mass is 35.5. The van der Waals surface area contributed by atoms with Crippen LogP contribution in [-0.2, 0) is 0 Å². The first-order chi connectivity index (χ1) is 9.56. The van der Waals surface area contributed by atoms with E-state index in [0.717, 1.165) is 28.2 Å². The van der Waals surface area contributed by atoms with Crippen molar-refractivity contribution in [1.29, 1.82) is 0 Å². The van der Waals surface area contributed by atoms with E-state index in [-0.39, 0.29) is 0 Å². The Balaban J connectivity index is 2.25. The fourth-order valence-corrected chi connectivity index (χ4v) is 2.28. The predicted molar refractivity (Wildman–Crippen MR) is 80.1 cm³/mol. The second-order valence-electron chi connectivity index (χ2n) is 5.15. The van der Waals surface area contributed by atoms with Gasteiger partial charge >= 0.3 is 0 Å². The van der Waals surface area contributed by atoms with E-state index in [1.807, 2.05) is 29.6 Å². The van der Waals surface area contributed by atoms with Crippen LogP contribution in [0.1, 0.15) is 31.2 Å². The number of fused-ring (bicyclic) bond motifs is 1. The van der Waals surface area contributed by atoms with E-state index >= 15 is 0 Å². The first-order valence-electron chi connectivity index (χ1n) is 6.55. The van der Waals surface area contributed by atoms with Crippen LogP contribution in [0.3, 0.4) is 0 Å². The van der Waals surface area contributed by atoms with Crippen LogP contribution in [0.25, 0.3) is 16.8 Å². The molecule has 0 atom stereocenters. The molecule has 0 aliphatic rings. The zero-order chi connectivity index (χ0) is 14.3. The Hall–Kier alpha value is -1.94. The van der Waals surface area contributed by atoms with Gasteiger partial charge in [-0.15, -0.1) is 10.2 Å². The molecule has 4 nitrogen and oxygen atoms in total. The van der Waals surface area contributed by atoms with E-state index in [4.69, 9.17) is 11.6 Å². The average molecular weight is 287 g/mol. The van der Waals surface area contributed by atoms with E-state index in [9.17, 15) is 0 Å². The SMILES string of the molecule is Cc1ccc(-c2ccc(Cl)nn2)c2cc(C(C)C)nn12. The summed E-state index contributed by atoms with van der Waals surface area (Å²) in [6, 6.07) is 9.83. The lowest BCUT2D eigenvalue weighted by Crippen LogP contribution is -1.97. The number of aryl methyl sites for hydroxylation is 1. The van der Waals surface area contributed by atoms with Gasteiger partial charge < -0.3 is 0 Å². The molecule has 5 heteroatoms. The number of aromatic nitrogens is 4. The van der Waals surface area contributed by atoms with Crippen LogP contribution in [0.15, 0.2) is 30.3 Å². The van der Waals surface area contributed by atoms with Crippen molar-refractivity contribution < 1.29 is 0 Å². The minimum absolute atomic E-state index is 0.387. The van der Waals surface area contributed by atoms with Gasteiger partial charge in [-0.3, -0.25) is 0 Å². The third-order valence-corrected chi connectivity index (χ3v) is 3.53. The minimum Gasteiger partial charge on any atom is -0.237 e. The van der Waals surface area contributed by atoms with E-state index < -0.39 is 0 Å². The second kappa shape index (κ2) is 4.87. The molecule has 0 fully saturated rings. The summed E-state index contributed by atoms with van der Waals surface area (Å²) < 4.78 is 1.96. The van der Waals surface area contributed by atoms with Crippen LogP contribution in [0.5, 0.6) is 0 Å². The average Bonchev–Trinajstić information content (AvgIpc) is 2.87. The Labute approximate surface area is 122 Å². The van der Waals surface area contributed by atoms with Crippen molar-refractivity contribution in [3.05, 3.63) is 46.9 Å². The van der Waals surface area contributed by atoms with E-state index in [1.165, 1.54) is 0 Å². The summed E-state index contributed by atoms with van der Waals surface area (Å²) in [4.78, 5) is 0. The van der Waals surface area contributed by atoms with Gasteiger partial charge in [0.25, 0.3) is 0 Å². The molecule has 3 rings (SSSR count). The summed E-state index contributed by atoms with van der Waals surface area (Å²) in [7, 11) is 0. The number of rotatable bonds is 2. The predicted octanol–water partition coefficient (Wildman–Crippen LogP) is 3.88. The normalized spacial score (nSPS) is 11.4. The minimum atomic E-state index is 0.387. The van der Waals surface area contributed by atoms with Gasteiger partial charge in [0.15, 0.2) is 5.15 Å². The molecule has 0 aliphatic heterocycles. The number of pyridine rings is 1. The third-order valence-electron chi connectivity index (χ3n) is 3.33. The van der Waals surface area contributed by atoms with Gasteiger partial charge in [-0.1, -0.05) is 25.4 Å². The molecule has 20 heavy (non-hydrogen) atoms. The quantitative estimate of drug-likeness (QED) is 0.718. The van der Waals surface area contributed by atoms with Gasteiger partial charge in [-0.05, 0) is 43.2 Å². The van der Waals surface area contributed by atoms with Crippen LogP contribution >= 0.6 is 11.6 Å². The molecule has 0 saturated heterocycles. The van der Waals surface area contributed by atoms with Crippen molar-refractivity contribution in [2.24, 2.45) is 0 Å². The highest BCUT2D eigenvalue weighted by molar-refractivity contribution is 6.29. The van der Waals surface area contributed by atoms with Crippen molar-refractivity contribution >= 4 is 17.1 Å². The van der Waals surface area contributed by atoms with E-state index in [1.54, 1.807) is 6.07 Å². The first-order valence-corrected chi connectivity index (χ1v) is 6.93. The summed E-state index contributed by atoms with van der Waals surface area (Å²) in [5.41, 5.74) is 5.03. The van der Waals surface area contributed by atoms with Gasteiger partial charge in [0.2, 0.25) is 0 Å². The molecule has 0 aromatic carbocycles. The Kier molecular flexibility index (Phi) is 3.18. The van der Waals surface area contributed by atoms with Crippen molar-refractivity contribution in [2.75, 3.05) is 0 Å². The zero-order valence-electron chi connectivity index (χ0n) is 11.6. The molecule has 0 spiro atoms. The number of halogens is 1. The maximum Gasteiger partial charge on any atom is 0.151 e. The topological polar surface area (TPSA) is 43.1 Å². The van der Waals surface area contributed by atoms with Crippen LogP contribution in [0, 0.1) is 6.92 Å². The van der Waals surface area contributed by atoms with Crippen LogP contribution in [-0.4, -0.2) is 19.8 Å². The lowest BCUT2D eigenvalue weighted by molar-refractivity contribution is 0.779. The molecule has 102 valence electrons. The van der Waals surface area contributed by atoms with E-state index in [2.05, 4.69) is 35.2 Å². The summed E-state index contributed by atoms with van der Waals surface area (Å²) in [5, 5.41) is 13.1. The fraction of sp³-hybridized carbons (Fsp3) is 0.267. The summed E-state index contributed by atoms with van der Waals surface area (Å²) in [5.74, 6) is 0.387. The maximum atomic E-state index is 5.80. The molecular weight excluding hydrogens is 272 g/mol. The Morgan fingerprint density at radius 2 is 1.90 bits per heavy atom. The highest BCUT2D eigenvalue weighted by Crippen LogP contribution is 2.26. The Morgan fingerprint density at radius 1 is 1.10 bits per heavy atom. The van der Waals surface area contributed by atoms with Crippen molar-refractivity contribution in [1.82, 2.24) is 19.8 Å². The molecule has 0 bridgehead atoms. The lowest BCUT2D eigenvalue weighted by atomic mass is 10.1. The first kappa shape index (κ1) is 13.1. The van der Waals surface area contributed by atoms with Gasteiger partial charge in [0, 0.05) is 11.3 Å². The summed E-state index contributed by atoms with van der Waals surface area (Å²) in [6.45, 7) is 6.32. The summed E-state index contributed by atoms with van der Waals surface area (Å²) in [6.07, 6.45) is 0. The van der Waals surface area contributed by atoms with Crippen molar-refractivity contribution in [3.63, 3.8) is 0 Å². The molecule has 0 aliphatic carbocycles. The van der Waals surface area contributed by atoms with Crippen LogP contribution in [0.4, 0.5) is 0 Å². The third kappa shape index (κ3) is 2.16. The van der Waals surface area contributed by atoms with Crippen molar-refractivity contribution in [2.45, 2.75) is 26.7 Å². The van der Waals surface area contributed by atoms with Gasteiger partial charge in [0.05, 0.1) is 16.9 Å². The fourth-order valence-electron chi connectivity index (χ4n) is 2.18. The monoisotopic (exact) mass is 286 g/mol. The molecule has 3 aromatic rings. The number of nitrogens with zero attached hydrogens (tertiary/aromatic N) is 4. The molecular formula is C15H15ClN4. The molecule has 0 saturated carbocycles. The standard InChI is InChI=1S/C15H15ClN4/c1-9(2)13-8-14-11(5-4-10(3)20(14)19-13)12-6-7-15(16)18-17-12/h4-9H,1-3H3. The Bertz CT molecular complexity index is 759. The molecule has 0 radical (unpaired) electrons. The number of hydrogen-bond acceptors (Lipinski definition) is 3. The molecule has 0 unspecified atom stereocenters. The second-order valence-corrected chi connectivity index (χ2v) is 5.54. The van der Waals surface area contributed by atoms with Gasteiger partial charge in [0.1, 0.15) is 0 Å². The lowest BCUT2D eigenvalue weighted by Gasteiger charge is -2.05. The molecule has 3 heterocycles. The maximum absolute atomic E-state index is 5.80. The van der Waals surface area contributed by atoms with Gasteiger partial charge in [-0.2, -0.15) is 5.10 Å². The van der Waals surface area contributed by atoms with Crippen LogP contribution in [0.2, 0.25) is 5.15 Å². The Morgan fingerprint density at radius 3 is 2.55 bits per heavy atom. The van der Waals surface area contributed by atoms with Crippen molar-refractivity contribution in [3.8, 4) is 11.3 Å². The summed E-state index contributed by atoms with van der Waals surface area (Å²) >= 11 is 5.80. The zero-order valence-corrected chi connectivity index (χ0v) is 12.4. The smallest absolute Gasteiger partial charge is 0.151 e. The number of hydrogen-bond donors (Lipinski definition) is 0. The highest BCUT2D eigenvalue weighted by Gasteiger charge is 2.12. The molecule has 0 N–H and O–H groups in total. The van der Waals surface area contributed by atoms with E-state index in [0.29, 0.717) is 11.1 Å². The largest absolute Gasteiger partial charge is 0.237 e. The van der Waals surface area contributed by atoms with Crippen LogP contribution < -0.4 is 0 Å². The molecule has 0 amide bonds.